The molecule has 7 rings (SSSR count). The predicted molar refractivity (Wildman–Crippen MR) is 149 cm³/mol. The van der Waals surface area contributed by atoms with Gasteiger partial charge in [0.1, 0.15) is 5.75 Å². The molecular weight excluding hydrogens is 424 g/mol. The summed E-state index contributed by atoms with van der Waals surface area (Å²) in [4.78, 5) is 0. The summed E-state index contributed by atoms with van der Waals surface area (Å²) < 4.78 is 0. The van der Waals surface area contributed by atoms with E-state index >= 15 is 0 Å². The van der Waals surface area contributed by atoms with E-state index in [2.05, 4.69) is 109 Å². The fourth-order valence-corrected chi connectivity index (χ4v) is 5.56. The van der Waals surface area contributed by atoms with E-state index < -0.39 is 0 Å². The van der Waals surface area contributed by atoms with Crippen LogP contribution in [0, 0.1) is 0 Å². The average molecular weight is 447 g/mol. The van der Waals surface area contributed by atoms with Gasteiger partial charge < -0.3 is 5.11 Å². The normalized spacial score (nSPS) is 11.5. The van der Waals surface area contributed by atoms with Crippen LogP contribution in [-0.2, 0) is 0 Å². The zero-order chi connectivity index (χ0) is 23.4. The Morgan fingerprint density at radius 1 is 0.371 bits per heavy atom. The van der Waals surface area contributed by atoms with E-state index in [1.807, 2.05) is 12.1 Å². The van der Waals surface area contributed by atoms with E-state index in [4.69, 9.17) is 0 Å². The Labute approximate surface area is 203 Å². The van der Waals surface area contributed by atoms with E-state index in [0.717, 1.165) is 10.8 Å². The maximum Gasteiger partial charge on any atom is 0.116 e. The molecule has 35 heavy (non-hydrogen) atoms. The SMILES string of the molecule is Oc1ccc2cc(-c3c4ccccc4c(-c4cccc5ccccc45)c4ccccc34)ccc2c1. The summed E-state index contributed by atoms with van der Waals surface area (Å²) in [5.74, 6) is 0.292. The van der Waals surface area contributed by atoms with E-state index in [1.165, 1.54) is 54.6 Å². The van der Waals surface area contributed by atoms with Crippen molar-refractivity contribution >= 4 is 43.1 Å². The predicted octanol–water partition coefficient (Wildman–Crippen LogP) is 9.34. The first-order valence-corrected chi connectivity index (χ1v) is 11.9. The maximum atomic E-state index is 9.91. The van der Waals surface area contributed by atoms with Crippen molar-refractivity contribution in [2.75, 3.05) is 0 Å². The highest BCUT2D eigenvalue weighted by Crippen LogP contribution is 2.45. The molecule has 0 fully saturated rings. The van der Waals surface area contributed by atoms with Crippen LogP contribution in [0.15, 0.2) is 127 Å². The van der Waals surface area contributed by atoms with Crippen LogP contribution >= 0.6 is 0 Å². The monoisotopic (exact) mass is 446 g/mol. The van der Waals surface area contributed by atoms with Crippen LogP contribution in [-0.4, -0.2) is 5.11 Å². The van der Waals surface area contributed by atoms with Crippen molar-refractivity contribution in [1.29, 1.82) is 0 Å². The second-order valence-corrected chi connectivity index (χ2v) is 9.11. The molecule has 1 heteroatoms. The van der Waals surface area contributed by atoms with Crippen molar-refractivity contribution in [3.05, 3.63) is 127 Å². The lowest BCUT2D eigenvalue weighted by Gasteiger charge is -2.19. The molecular formula is C34H22O. The van der Waals surface area contributed by atoms with Crippen molar-refractivity contribution in [2.45, 2.75) is 0 Å². The zero-order valence-corrected chi connectivity index (χ0v) is 19.1. The van der Waals surface area contributed by atoms with Gasteiger partial charge in [-0.15, -0.1) is 0 Å². The Hall–Kier alpha value is -4.62. The summed E-state index contributed by atoms with van der Waals surface area (Å²) in [5, 5.41) is 19.6. The summed E-state index contributed by atoms with van der Waals surface area (Å²) in [7, 11) is 0. The van der Waals surface area contributed by atoms with Crippen LogP contribution < -0.4 is 0 Å². The minimum Gasteiger partial charge on any atom is -0.508 e. The van der Waals surface area contributed by atoms with Crippen LogP contribution in [0.3, 0.4) is 0 Å². The van der Waals surface area contributed by atoms with Gasteiger partial charge in [-0.3, -0.25) is 0 Å². The molecule has 7 aromatic carbocycles. The van der Waals surface area contributed by atoms with Gasteiger partial charge in [0.05, 0.1) is 0 Å². The van der Waals surface area contributed by atoms with Gasteiger partial charge in [0, 0.05) is 0 Å². The smallest absolute Gasteiger partial charge is 0.116 e. The van der Waals surface area contributed by atoms with E-state index in [0.29, 0.717) is 5.75 Å². The minimum absolute atomic E-state index is 0.292. The van der Waals surface area contributed by atoms with Gasteiger partial charge >= 0.3 is 0 Å². The first-order chi connectivity index (χ1) is 17.3. The summed E-state index contributed by atoms with van der Waals surface area (Å²) in [6, 6.07) is 44.8. The number of phenols is 1. The number of aromatic hydroxyl groups is 1. The van der Waals surface area contributed by atoms with Crippen molar-refractivity contribution < 1.29 is 5.11 Å². The molecule has 7 aromatic rings. The van der Waals surface area contributed by atoms with Crippen LogP contribution in [0.2, 0.25) is 0 Å². The van der Waals surface area contributed by atoms with Gasteiger partial charge in [-0.05, 0) is 83.5 Å². The lowest BCUT2D eigenvalue weighted by atomic mass is 9.84. The molecule has 0 spiro atoms. The number of hydrogen-bond acceptors (Lipinski definition) is 1. The second-order valence-electron chi connectivity index (χ2n) is 9.11. The Balaban J connectivity index is 1.63. The molecule has 0 atom stereocenters. The lowest BCUT2D eigenvalue weighted by Crippen LogP contribution is -1.91. The minimum atomic E-state index is 0.292. The van der Waals surface area contributed by atoms with Crippen LogP contribution in [0.25, 0.3) is 65.3 Å². The Morgan fingerprint density at radius 3 is 1.63 bits per heavy atom. The summed E-state index contributed by atoms with van der Waals surface area (Å²) >= 11 is 0. The Bertz CT molecular complexity index is 1850. The molecule has 1 nitrogen and oxygen atoms in total. The van der Waals surface area contributed by atoms with Gasteiger partial charge in [0.25, 0.3) is 0 Å². The van der Waals surface area contributed by atoms with Crippen molar-refractivity contribution in [3.8, 4) is 28.0 Å². The van der Waals surface area contributed by atoms with Crippen molar-refractivity contribution in [1.82, 2.24) is 0 Å². The van der Waals surface area contributed by atoms with Gasteiger partial charge in [-0.1, -0.05) is 109 Å². The van der Waals surface area contributed by atoms with Gasteiger partial charge in [0.15, 0.2) is 0 Å². The molecule has 164 valence electrons. The highest BCUT2D eigenvalue weighted by Gasteiger charge is 2.17. The molecule has 0 aliphatic heterocycles. The Kier molecular flexibility index (Phi) is 4.37. The van der Waals surface area contributed by atoms with Crippen LogP contribution in [0.5, 0.6) is 5.75 Å². The molecule has 0 unspecified atom stereocenters. The van der Waals surface area contributed by atoms with E-state index in [-0.39, 0.29) is 0 Å². The largest absolute Gasteiger partial charge is 0.508 e. The first-order valence-electron chi connectivity index (χ1n) is 11.9. The quantitative estimate of drug-likeness (QED) is 0.262. The average Bonchev–Trinajstić information content (AvgIpc) is 2.91. The van der Waals surface area contributed by atoms with E-state index in [9.17, 15) is 5.11 Å². The standard InChI is InChI=1S/C34H22O/c35-26-19-18-23-20-25(17-16-24(23)21-26)33-29-11-3-5-13-31(29)34(32-14-6-4-12-30(32)33)28-15-7-9-22-8-1-2-10-27(22)28/h1-21,35H. The van der Waals surface area contributed by atoms with Crippen molar-refractivity contribution in [2.24, 2.45) is 0 Å². The molecule has 0 aliphatic carbocycles. The third-order valence-corrected chi connectivity index (χ3v) is 7.10. The number of hydrogen-bond donors (Lipinski definition) is 1. The summed E-state index contributed by atoms with van der Waals surface area (Å²) in [6.45, 7) is 0. The molecule has 1 N–H and O–H groups in total. The number of benzene rings is 7. The van der Waals surface area contributed by atoms with Gasteiger partial charge in [-0.25, -0.2) is 0 Å². The third kappa shape index (κ3) is 3.09. The molecule has 0 saturated heterocycles. The van der Waals surface area contributed by atoms with Crippen LogP contribution in [0.4, 0.5) is 0 Å². The lowest BCUT2D eigenvalue weighted by molar-refractivity contribution is 0.476. The van der Waals surface area contributed by atoms with Gasteiger partial charge in [0.2, 0.25) is 0 Å². The third-order valence-electron chi connectivity index (χ3n) is 7.10. The fraction of sp³-hybridized carbons (Fsp3) is 0. The number of fused-ring (bicyclic) bond motifs is 4. The second kappa shape index (κ2) is 7.72. The molecule has 0 saturated carbocycles. The van der Waals surface area contributed by atoms with Gasteiger partial charge in [-0.2, -0.15) is 0 Å². The molecule has 0 heterocycles. The molecule has 0 aromatic heterocycles. The highest BCUT2D eigenvalue weighted by molar-refractivity contribution is 6.23. The maximum absolute atomic E-state index is 9.91. The summed E-state index contributed by atoms with van der Waals surface area (Å²) in [5.41, 5.74) is 4.97. The number of phenolic OH excluding ortho intramolecular Hbond substituents is 1. The zero-order valence-electron chi connectivity index (χ0n) is 19.1. The summed E-state index contributed by atoms with van der Waals surface area (Å²) in [6.07, 6.45) is 0. The van der Waals surface area contributed by atoms with E-state index in [1.54, 1.807) is 6.07 Å². The number of rotatable bonds is 2. The van der Waals surface area contributed by atoms with Crippen LogP contribution in [0.1, 0.15) is 0 Å². The highest BCUT2D eigenvalue weighted by atomic mass is 16.3. The van der Waals surface area contributed by atoms with Crippen molar-refractivity contribution in [3.63, 3.8) is 0 Å². The molecule has 0 amide bonds. The topological polar surface area (TPSA) is 20.2 Å². The fourth-order valence-electron chi connectivity index (χ4n) is 5.56. The molecule has 0 radical (unpaired) electrons. The first kappa shape index (κ1) is 19.8. The molecule has 0 aliphatic rings. The Morgan fingerprint density at radius 2 is 0.914 bits per heavy atom. The molecule has 0 bridgehead atoms.